The van der Waals surface area contributed by atoms with E-state index >= 15 is 0 Å². The summed E-state index contributed by atoms with van der Waals surface area (Å²) in [5.41, 5.74) is 7.34. The van der Waals surface area contributed by atoms with Gasteiger partial charge in [-0.05, 0) is 30.4 Å². The minimum atomic E-state index is -0.0437. The van der Waals surface area contributed by atoms with Crippen LogP contribution in [0.1, 0.15) is 53.1 Å². The highest BCUT2D eigenvalue weighted by Gasteiger charge is 2.34. The zero-order valence-corrected chi connectivity index (χ0v) is 16.6. The number of aromatic nitrogens is 2. The Labute approximate surface area is 164 Å². The van der Waals surface area contributed by atoms with E-state index < -0.39 is 0 Å². The highest BCUT2D eigenvalue weighted by molar-refractivity contribution is 6.19. The predicted octanol–water partition coefficient (Wildman–Crippen LogP) is 5.77. The third-order valence-electron chi connectivity index (χ3n) is 5.86. The second kappa shape index (κ2) is 6.03. The SMILES string of the molecule is Cc1ccc(Cc2nc3c(c4c2[nH]c2ccccc24)C(=O)CC(C)(C)C3)cc1. The number of nitrogens with one attached hydrogen (secondary N) is 1. The van der Waals surface area contributed by atoms with Crippen molar-refractivity contribution < 1.29 is 4.79 Å². The minimum Gasteiger partial charge on any atom is -0.353 e. The number of rotatable bonds is 2. The van der Waals surface area contributed by atoms with Crippen molar-refractivity contribution in [3.63, 3.8) is 0 Å². The zero-order chi connectivity index (χ0) is 19.5. The molecule has 140 valence electrons. The molecule has 0 bridgehead atoms. The minimum absolute atomic E-state index is 0.0437. The molecule has 0 saturated carbocycles. The van der Waals surface area contributed by atoms with Gasteiger partial charge in [0.15, 0.2) is 5.78 Å². The van der Waals surface area contributed by atoms with E-state index in [1.165, 1.54) is 11.1 Å². The fourth-order valence-electron chi connectivity index (χ4n) is 4.53. The first-order valence-electron chi connectivity index (χ1n) is 9.92. The second-order valence-corrected chi connectivity index (χ2v) is 8.90. The van der Waals surface area contributed by atoms with Gasteiger partial charge in [0.1, 0.15) is 0 Å². The summed E-state index contributed by atoms with van der Waals surface area (Å²) in [6, 6.07) is 16.9. The molecule has 2 aromatic carbocycles. The van der Waals surface area contributed by atoms with Crippen LogP contribution in [-0.4, -0.2) is 15.8 Å². The van der Waals surface area contributed by atoms with Crippen LogP contribution >= 0.6 is 0 Å². The number of ketones is 1. The molecule has 1 aliphatic rings. The van der Waals surface area contributed by atoms with Crippen LogP contribution < -0.4 is 0 Å². The van der Waals surface area contributed by atoms with Crippen LogP contribution in [-0.2, 0) is 12.8 Å². The number of hydrogen-bond donors (Lipinski definition) is 1. The van der Waals surface area contributed by atoms with Crippen LogP contribution in [0.2, 0.25) is 0 Å². The summed E-state index contributed by atoms with van der Waals surface area (Å²) in [4.78, 5) is 21.7. The third kappa shape index (κ3) is 2.73. The lowest BCUT2D eigenvalue weighted by molar-refractivity contribution is 0.0912. The summed E-state index contributed by atoms with van der Waals surface area (Å²) in [6.07, 6.45) is 2.17. The van der Waals surface area contributed by atoms with Crippen molar-refractivity contribution in [1.82, 2.24) is 9.97 Å². The maximum absolute atomic E-state index is 13.1. The second-order valence-electron chi connectivity index (χ2n) is 8.90. The van der Waals surface area contributed by atoms with Crippen molar-refractivity contribution in [3.05, 3.63) is 76.6 Å². The molecule has 0 fully saturated rings. The molecule has 2 aromatic heterocycles. The number of aromatic amines is 1. The van der Waals surface area contributed by atoms with Crippen molar-refractivity contribution in [2.24, 2.45) is 5.41 Å². The molecule has 0 aliphatic heterocycles. The van der Waals surface area contributed by atoms with E-state index in [0.717, 1.165) is 51.6 Å². The smallest absolute Gasteiger partial charge is 0.165 e. The first-order valence-corrected chi connectivity index (χ1v) is 9.92. The summed E-state index contributed by atoms with van der Waals surface area (Å²) in [7, 11) is 0. The van der Waals surface area contributed by atoms with Gasteiger partial charge in [-0.25, -0.2) is 0 Å². The van der Waals surface area contributed by atoms with E-state index in [9.17, 15) is 4.79 Å². The Kier molecular flexibility index (Phi) is 3.70. The van der Waals surface area contributed by atoms with Crippen molar-refractivity contribution in [3.8, 4) is 0 Å². The van der Waals surface area contributed by atoms with Gasteiger partial charge in [-0.3, -0.25) is 9.78 Å². The molecule has 1 aliphatic carbocycles. The Bertz CT molecular complexity index is 1230. The normalized spacial score (nSPS) is 15.9. The number of Topliss-reactive ketones (excluding diaryl/α,β-unsaturated/α-hetero) is 1. The molecule has 5 rings (SSSR count). The van der Waals surface area contributed by atoms with Gasteiger partial charge in [0.05, 0.1) is 16.9 Å². The summed E-state index contributed by atoms with van der Waals surface area (Å²) in [5, 5.41) is 2.18. The van der Waals surface area contributed by atoms with Crippen LogP contribution in [0.25, 0.3) is 21.8 Å². The first-order chi connectivity index (χ1) is 13.4. The van der Waals surface area contributed by atoms with E-state index in [0.29, 0.717) is 6.42 Å². The Balaban J connectivity index is 1.80. The molecular formula is C25H24N2O. The highest BCUT2D eigenvalue weighted by Crippen LogP contribution is 2.40. The number of pyridine rings is 1. The third-order valence-corrected chi connectivity index (χ3v) is 5.86. The Morgan fingerprint density at radius 1 is 1.04 bits per heavy atom. The van der Waals surface area contributed by atoms with Gasteiger partial charge in [0, 0.05) is 34.7 Å². The molecule has 0 amide bonds. The standard InChI is InChI=1S/C25H24N2O/c1-15-8-10-16(11-9-15)12-19-24-22(17-6-4-5-7-18(17)27-24)23-20(26-19)13-25(2,3)14-21(23)28/h4-11,27H,12-14H2,1-3H3. The summed E-state index contributed by atoms with van der Waals surface area (Å²) >= 11 is 0. The number of para-hydroxylation sites is 1. The molecule has 0 atom stereocenters. The van der Waals surface area contributed by atoms with E-state index in [1.54, 1.807) is 0 Å². The van der Waals surface area contributed by atoms with Crippen molar-refractivity contribution in [2.75, 3.05) is 0 Å². The number of fused-ring (bicyclic) bond motifs is 5. The lowest BCUT2D eigenvalue weighted by atomic mass is 9.74. The van der Waals surface area contributed by atoms with Gasteiger partial charge in [-0.15, -0.1) is 0 Å². The van der Waals surface area contributed by atoms with Crippen molar-refractivity contribution >= 4 is 27.6 Å². The van der Waals surface area contributed by atoms with Crippen LogP contribution in [0.15, 0.2) is 48.5 Å². The van der Waals surface area contributed by atoms with E-state index in [1.807, 2.05) is 12.1 Å². The molecule has 3 nitrogen and oxygen atoms in total. The molecule has 1 N–H and O–H groups in total. The monoisotopic (exact) mass is 368 g/mol. The van der Waals surface area contributed by atoms with Gasteiger partial charge < -0.3 is 4.98 Å². The first kappa shape index (κ1) is 17.2. The van der Waals surface area contributed by atoms with Crippen molar-refractivity contribution in [2.45, 2.75) is 40.0 Å². The van der Waals surface area contributed by atoms with Crippen LogP contribution in [0.5, 0.6) is 0 Å². The molecule has 0 spiro atoms. The van der Waals surface area contributed by atoms with Gasteiger partial charge in [0.2, 0.25) is 0 Å². The number of carbonyl (C=O) groups is 1. The van der Waals surface area contributed by atoms with E-state index in [-0.39, 0.29) is 11.2 Å². The molecule has 0 saturated heterocycles. The lowest BCUT2D eigenvalue weighted by Crippen LogP contribution is -2.28. The fraction of sp³-hybridized carbons (Fsp3) is 0.280. The van der Waals surface area contributed by atoms with Gasteiger partial charge in [-0.2, -0.15) is 0 Å². The maximum Gasteiger partial charge on any atom is 0.165 e. The van der Waals surface area contributed by atoms with Crippen LogP contribution in [0.4, 0.5) is 0 Å². The average Bonchev–Trinajstić information content (AvgIpc) is 3.02. The van der Waals surface area contributed by atoms with Gasteiger partial charge in [0.25, 0.3) is 0 Å². The maximum atomic E-state index is 13.1. The number of carbonyl (C=O) groups excluding carboxylic acids is 1. The Morgan fingerprint density at radius 2 is 1.79 bits per heavy atom. The Morgan fingerprint density at radius 3 is 2.57 bits per heavy atom. The lowest BCUT2D eigenvalue weighted by Gasteiger charge is -2.30. The zero-order valence-electron chi connectivity index (χ0n) is 16.6. The Hall–Kier alpha value is -2.94. The average molecular weight is 368 g/mol. The largest absolute Gasteiger partial charge is 0.353 e. The van der Waals surface area contributed by atoms with Crippen LogP contribution in [0.3, 0.4) is 0 Å². The molecule has 2 heterocycles. The van der Waals surface area contributed by atoms with Gasteiger partial charge in [-0.1, -0.05) is 61.9 Å². The fourth-order valence-corrected chi connectivity index (χ4v) is 4.53. The highest BCUT2D eigenvalue weighted by atomic mass is 16.1. The molecule has 28 heavy (non-hydrogen) atoms. The number of aryl methyl sites for hydroxylation is 1. The molecule has 0 unspecified atom stereocenters. The number of H-pyrrole nitrogens is 1. The number of nitrogens with zero attached hydrogens (tertiary/aromatic N) is 1. The molecule has 0 radical (unpaired) electrons. The predicted molar refractivity (Wildman–Crippen MR) is 114 cm³/mol. The summed E-state index contributed by atoms with van der Waals surface area (Å²) in [6.45, 7) is 6.42. The van der Waals surface area contributed by atoms with Crippen LogP contribution in [0, 0.1) is 12.3 Å². The van der Waals surface area contributed by atoms with Crippen molar-refractivity contribution in [1.29, 1.82) is 0 Å². The number of hydrogen-bond acceptors (Lipinski definition) is 2. The topological polar surface area (TPSA) is 45.8 Å². The molecule has 4 aromatic rings. The van der Waals surface area contributed by atoms with E-state index in [2.05, 4.69) is 62.2 Å². The van der Waals surface area contributed by atoms with E-state index in [4.69, 9.17) is 4.98 Å². The van der Waals surface area contributed by atoms with Gasteiger partial charge >= 0.3 is 0 Å². The summed E-state index contributed by atoms with van der Waals surface area (Å²) in [5.74, 6) is 0.218. The quantitative estimate of drug-likeness (QED) is 0.488. The summed E-state index contributed by atoms with van der Waals surface area (Å²) < 4.78 is 0. The molecular weight excluding hydrogens is 344 g/mol. The molecule has 3 heteroatoms. The number of benzene rings is 2.